The monoisotopic (exact) mass is 480 g/mol. The first-order valence-corrected chi connectivity index (χ1v) is 13.2. The van der Waals surface area contributed by atoms with Crippen molar-refractivity contribution in [3.8, 4) is 33.8 Å². The standard InChI is InChI=1S/C36H32O/c1-4-26-23-27(28-18-20-31-30-15-9-10-16-32(30)36(2,3)33(31)24-28)19-21-35(26)37-34-17-11-8-14-29(34)22-25-12-6-5-7-13-25/h5-21,23-24H,4,22H2,1-3H3. The summed E-state index contributed by atoms with van der Waals surface area (Å²) in [6, 6.07) is 41.3. The lowest BCUT2D eigenvalue weighted by molar-refractivity contribution is 0.472. The molecule has 1 aliphatic rings. The maximum Gasteiger partial charge on any atom is 0.130 e. The predicted octanol–water partition coefficient (Wildman–Crippen LogP) is 9.61. The van der Waals surface area contributed by atoms with Gasteiger partial charge < -0.3 is 4.74 Å². The Balaban J connectivity index is 1.32. The van der Waals surface area contributed by atoms with Crippen LogP contribution in [0.25, 0.3) is 22.3 Å². The van der Waals surface area contributed by atoms with E-state index in [9.17, 15) is 0 Å². The van der Waals surface area contributed by atoms with Crippen LogP contribution in [0.5, 0.6) is 11.5 Å². The number of ether oxygens (including phenoxy) is 1. The van der Waals surface area contributed by atoms with Crippen molar-refractivity contribution in [1.29, 1.82) is 0 Å². The van der Waals surface area contributed by atoms with Crippen molar-refractivity contribution >= 4 is 0 Å². The van der Waals surface area contributed by atoms with Crippen molar-refractivity contribution in [2.45, 2.75) is 39.0 Å². The number of benzene rings is 5. The summed E-state index contributed by atoms with van der Waals surface area (Å²) in [5.41, 5.74) is 11.7. The van der Waals surface area contributed by atoms with Crippen LogP contribution in [-0.2, 0) is 18.3 Å². The highest BCUT2D eigenvalue weighted by molar-refractivity contribution is 5.83. The quantitative estimate of drug-likeness (QED) is 0.235. The molecule has 0 spiro atoms. The summed E-state index contributed by atoms with van der Waals surface area (Å²) >= 11 is 0. The zero-order chi connectivity index (χ0) is 25.4. The molecule has 0 aliphatic heterocycles. The third-order valence-electron chi connectivity index (χ3n) is 7.79. The molecule has 6 rings (SSSR count). The Kier molecular flexibility index (Phi) is 5.93. The van der Waals surface area contributed by atoms with Crippen LogP contribution in [0.3, 0.4) is 0 Å². The molecule has 0 saturated heterocycles. The summed E-state index contributed by atoms with van der Waals surface area (Å²) in [5, 5.41) is 0. The van der Waals surface area contributed by atoms with Crippen LogP contribution in [0.15, 0.2) is 115 Å². The topological polar surface area (TPSA) is 9.23 Å². The van der Waals surface area contributed by atoms with Crippen molar-refractivity contribution in [2.24, 2.45) is 0 Å². The van der Waals surface area contributed by atoms with Crippen LogP contribution in [0.1, 0.15) is 48.6 Å². The maximum absolute atomic E-state index is 6.54. The molecular weight excluding hydrogens is 448 g/mol. The molecule has 0 fully saturated rings. The molecule has 0 unspecified atom stereocenters. The lowest BCUT2D eigenvalue weighted by atomic mass is 9.81. The smallest absolute Gasteiger partial charge is 0.130 e. The highest BCUT2D eigenvalue weighted by Gasteiger charge is 2.35. The Bertz CT molecular complexity index is 1580. The van der Waals surface area contributed by atoms with E-state index < -0.39 is 0 Å². The summed E-state index contributed by atoms with van der Waals surface area (Å²) in [7, 11) is 0. The minimum atomic E-state index is 0.00103. The van der Waals surface area contributed by atoms with E-state index in [0.29, 0.717) is 0 Å². The Morgan fingerprint density at radius 3 is 2.05 bits per heavy atom. The average molecular weight is 481 g/mol. The molecule has 1 nitrogen and oxygen atoms in total. The molecule has 0 atom stereocenters. The minimum Gasteiger partial charge on any atom is -0.457 e. The van der Waals surface area contributed by atoms with Gasteiger partial charge >= 0.3 is 0 Å². The number of para-hydroxylation sites is 1. The van der Waals surface area contributed by atoms with Gasteiger partial charge in [0.2, 0.25) is 0 Å². The van der Waals surface area contributed by atoms with E-state index in [4.69, 9.17) is 4.74 Å². The summed E-state index contributed by atoms with van der Waals surface area (Å²) in [4.78, 5) is 0. The summed E-state index contributed by atoms with van der Waals surface area (Å²) < 4.78 is 6.54. The molecule has 0 N–H and O–H groups in total. The van der Waals surface area contributed by atoms with Crippen molar-refractivity contribution < 1.29 is 4.74 Å². The first-order valence-electron chi connectivity index (χ1n) is 13.2. The number of hydrogen-bond donors (Lipinski definition) is 0. The fourth-order valence-corrected chi connectivity index (χ4v) is 5.70. The molecule has 182 valence electrons. The zero-order valence-corrected chi connectivity index (χ0v) is 21.8. The Morgan fingerprint density at radius 2 is 1.22 bits per heavy atom. The van der Waals surface area contributed by atoms with Crippen LogP contribution in [0, 0.1) is 0 Å². The first kappa shape index (κ1) is 23.3. The highest BCUT2D eigenvalue weighted by atomic mass is 16.5. The molecule has 0 aromatic heterocycles. The Morgan fingerprint density at radius 1 is 0.568 bits per heavy atom. The molecule has 0 amide bonds. The van der Waals surface area contributed by atoms with E-state index in [1.165, 1.54) is 50.1 Å². The van der Waals surface area contributed by atoms with Gasteiger partial charge in [-0.1, -0.05) is 112 Å². The van der Waals surface area contributed by atoms with Crippen molar-refractivity contribution in [2.75, 3.05) is 0 Å². The Labute approximate surface area is 220 Å². The fourth-order valence-electron chi connectivity index (χ4n) is 5.70. The van der Waals surface area contributed by atoms with Crippen LogP contribution in [-0.4, -0.2) is 0 Å². The molecule has 0 radical (unpaired) electrons. The predicted molar refractivity (Wildman–Crippen MR) is 155 cm³/mol. The number of aryl methyl sites for hydroxylation is 1. The SMILES string of the molecule is CCc1cc(-c2ccc3c(c2)C(C)(C)c2ccccc2-3)ccc1Oc1ccccc1Cc1ccccc1. The molecular formula is C36H32O. The second-order valence-electron chi connectivity index (χ2n) is 10.5. The molecule has 0 saturated carbocycles. The number of rotatable bonds is 6. The van der Waals surface area contributed by atoms with Crippen LogP contribution >= 0.6 is 0 Å². The number of hydrogen-bond acceptors (Lipinski definition) is 1. The second-order valence-corrected chi connectivity index (χ2v) is 10.5. The first-order chi connectivity index (χ1) is 18.0. The van der Waals surface area contributed by atoms with E-state index >= 15 is 0 Å². The lowest BCUT2D eigenvalue weighted by Crippen LogP contribution is -2.14. The van der Waals surface area contributed by atoms with Gasteiger partial charge in [0, 0.05) is 11.8 Å². The van der Waals surface area contributed by atoms with E-state index in [2.05, 4.69) is 130 Å². The molecule has 5 aromatic rings. The van der Waals surface area contributed by atoms with Gasteiger partial charge in [0.05, 0.1) is 0 Å². The van der Waals surface area contributed by atoms with Gasteiger partial charge in [0.1, 0.15) is 11.5 Å². The van der Waals surface area contributed by atoms with Gasteiger partial charge in [-0.3, -0.25) is 0 Å². The van der Waals surface area contributed by atoms with E-state index in [-0.39, 0.29) is 5.41 Å². The van der Waals surface area contributed by atoms with Crippen LogP contribution < -0.4 is 4.74 Å². The van der Waals surface area contributed by atoms with Crippen molar-refractivity contribution in [3.05, 3.63) is 143 Å². The maximum atomic E-state index is 6.54. The third-order valence-corrected chi connectivity index (χ3v) is 7.79. The van der Waals surface area contributed by atoms with E-state index in [0.717, 1.165) is 24.3 Å². The Hall–Kier alpha value is -4.10. The van der Waals surface area contributed by atoms with Gasteiger partial charge in [-0.05, 0) is 80.8 Å². The summed E-state index contributed by atoms with van der Waals surface area (Å²) in [6.07, 6.45) is 1.76. The van der Waals surface area contributed by atoms with Crippen molar-refractivity contribution in [3.63, 3.8) is 0 Å². The minimum absolute atomic E-state index is 0.00103. The average Bonchev–Trinajstić information content (AvgIpc) is 3.17. The highest BCUT2D eigenvalue weighted by Crippen LogP contribution is 2.49. The second kappa shape index (κ2) is 9.41. The largest absolute Gasteiger partial charge is 0.457 e. The van der Waals surface area contributed by atoms with Gasteiger partial charge in [-0.15, -0.1) is 0 Å². The molecule has 1 aliphatic carbocycles. The lowest BCUT2D eigenvalue weighted by Gasteiger charge is -2.22. The zero-order valence-electron chi connectivity index (χ0n) is 21.8. The molecule has 1 heteroatoms. The van der Waals surface area contributed by atoms with Gasteiger partial charge in [-0.2, -0.15) is 0 Å². The van der Waals surface area contributed by atoms with E-state index in [1.807, 2.05) is 6.07 Å². The number of fused-ring (bicyclic) bond motifs is 3. The third kappa shape index (κ3) is 4.25. The molecule has 5 aromatic carbocycles. The van der Waals surface area contributed by atoms with Gasteiger partial charge in [0.15, 0.2) is 0 Å². The van der Waals surface area contributed by atoms with Crippen molar-refractivity contribution in [1.82, 2.24) is 0 Å². The summed E-state index contributed by atoms with van der Waals surface area (Å²) in [5.74, 6) is 1.85. The molecule has 0 bridgehead atoms. The summed E-state index contributed by atoms with van der Waals surface area (Å²) in [6.45, 7) is 6.87. The van der Waals surface area contributed by atoms with Crippen LogP contribution in [0.4, 0.5) is 0 Å². The van der Waals surface area contributed by atoms with E-state index in [1.54, 1.807) is 0 Å². The fraction of sp³-hybridized carbons (Fsp3) is 0.167. The normalized spacial score (nSPS) is 13.2. The molecule has 0 heterocycles. The van der Waals surface area contributed by atoms with Crippen LogP contribution in [0.2, 0.25) is 0 Å². The van der Waals surface area contributed by atoms with Gasteiger partial charge in [0.25, 0.3) is 0 Å². The van der Waals surface area contributed by atoms with Gasteiger partial charge in [-0.25, -0.2) is 0 Å². The molecule has 37 heavy (non-hydrogen) atoms.